The molecule has 1 saturated carbocycles. The Morgan fingerprint density at radius 3 is 2.69 bits per heavy atom. The maximum Gasteiger partial charge on any atom is 0.252 e. The molecule has 0 aromatic heterocycles. The maximum absolute atomic E-state index is 11.4. The first-order chi connectivity index (χ1) is 14.0. The highest BCUT2D eigenvalue weighted by molar-refractivity contribution is 5.95. The Bertz CT molecular complexity index is 812. The van der Waals surface area contributed by atoms with E-state index in [-0.39, 0.29) is 11.3 Å². The minimum absolute atomic E-state index is 0.0285. The molecular weight excluding hydrogens is 366 g/mol. The highest BCUT2D eigenvalue weighted by atomic mass is 16.3. The van der Waals surface area contributed by atoms with E-state index in [2.05, 4.69) is 41.4 Å². The number of aliphatic hydroxyl groups is 1. The van der Waals surface area contributed by atoms with E-state index in [0.717, 1.165) is 25.8 Å². The van der Waals surface area contributed by atoms with Gasteiger partial charge in [0.25, 0.3) is 5.91 Å². The van der Waals surface area contributed by atoms with E-state index in [9.17, 15) is 15.0 Å². The van der Waals surface area contributed by atoms with Crippen LogP contribution in [0.1, 0.15) is 54.6 Å². The first kappa shape index (κ1) is 21.1. The summed E-state index contributed by atoms with van der Waals surface area (Å²) in [7, 11) is 0. The van der Waals surface area contributed by atoms with Crippen molar-refractivity contribution in [3.05, 3.63) is 59.7 Å². The van der Waals surface area contributed by atoms with E-state index >= 15 is 0 Å². The molecule has 0 heterocycles. The van der Waals surface area contributed by atoms with Crippen LogP contribution >= 0.6 is 0 Å². The molecule has 0 radical (unpaired) electrons. The lowest BCUT2D eigenvalue weighted by Crippen LogP contribution is -2.45. The number of hydrogen-bond donors (Lipinski definition) is 4. The fourth-order valence-electron chi connectivity index (χ4n) is 4.26. The first-order valence-corrected chi connectivity index (χ1v) is 10.4. The number of rotatable bonds is 8. The van der Waals surface area contributed by atoms with Crippen LogP contribution in [0.2, 0.25) is 0 Å². The largest absolute Gasteiger partial charge is 0.507 e. The van der Waals surface area contributed by atoms with Crippen LogP contribution in [0.15, 0.2) is 48.5 Å². The van der Waals surface area contributed by atoms with E-state index in [0.29, 0.717) is 24.2 Å². The number of phenols is 1. The zero-order valence-corrected chi connectivity index (χ0v) is 16.9. The van der Waals surface area contributed by atoms with Gasteiger partial charge in [-0.3, -0.25) is 4.79 Å². The van der Waals surface area contributed by atoms with Crippen molar-refractivity contribution in [2.45, 2.75) is 50.8 Å². The van der Waals surface area contributed by atoms with Crippen molar-refractivity contribution in [3.8, 4) is 5.75 Å². The number of carbonyl (C=O) groups excluding carboxylic acids is 1. The van der Waals surface area contributed by atoms with Gasteiger partial charge in [-0.1, -0.05) is 24.3 Å². The van der Waals surface area contributed by atoms with Gasteiger partial charge in [0.1, 0.15) is 5.75 Å². The van der Waals surface area contributed by atoms with Crippen LogP contribution < -0.4 is 16.0 Å². The van der Waals surface area contributed by atoms with Gasteiger partial charge in [0.2, 0.25) is 0 Å². The number of nitrogens with zero attached hydrogens (tertiary/aromatic N) is 1. The minimum Gasteiger partial charge on any atom is -0.507 e. The van der Waals surface area contributed by atoms with E-state index in [1.807, 2.05) is 6.07 Å². The Morgan fingerprint density at radius 1 is 1.24 bits per heavy atom. The molecule has 2 aromatic rings. The highest BCUT2D eigenvalue weighted by Gasteiger charge is 2.26. The van der Waals surface area contributed by atoms with Crippen LogP contribution in [0, 0.1) is 0 Å². The summed E-state index contributed by atoms with van der Waals surface area (Å²) in [4.78, 5) is 13.9. The van der Waals surface area contributed by atoms with E-state index in [1.54, 1.807) is 6.07 Å². The summed E-state index contributed by atoms with van der Waals surface area (Å²) >= 11 is 0. The van der Waals surface area contributed by atoms with Crippen molar-refractivity contribution in [2.75, 3.05) is 18.0 Å². The molecule has 6 heteroatoms. The van der Waals surface area contributed by atoms with Crippen molar-refractivity contribution >= 4 is 11.6 Å². The molecule has 5 N–H and O–H groups in total. The minimum atomic E-state index is -0.773. The van der Waals surface area contributed by atoms with Crippen LogP contribution in [0.5, 0.6) is 5.75 Å². The lowest BCUT2D eigenvalue weighted by molar-refractivity contribution is 0.0997. The number of para-hydroxylation sites is 1. The fraction of sp³-hybridized carbons (Fsp3) is 0.435. The Kier molecular flexibility index (Phi) is 7.12. The van der Waals surface area contributed by atoms with Gasteiger partial charge >= 0.3 is 0 Å². The number of nitrogens with one attached hydrogen (secondary N) is 1. The predicted octanol–water partition coefficient (Wildman–Crippen LogP) is 2.95. The zero-order chi connectivity index (χ0) is 20.8. The van der Waals surface area contributed by atoms with Gasteiger partial charge in [-0.15, -0.1) is 0 Å². The molecular formula is C23H31N3O3. The van der Waals surface area contributed by atoms with Gasteiger partial charge < -0.3 is 26.2 Å². The fourth-order valence-corrected chi connectivity index (χ4v) is 4.26. The Morgan fingerprint density at radius 2 is 2.00 bits per heavy atom. The quantitative estimate of drug-likeness (QED) is 0.549. The molecule has 156 valence electrons. The molecule has 29 heavy (non-hydrogen) atoms. The Hall–Kier alpha value is -2.57. The zero-order valence-electron chi connectivity index (χ0n) is 16.9. The summed E-state index contributed by atoms with van der Waals surface area (Å²) in [5.74, 6) is -0.877. The Labute approximate surface area is 172 Å². The van der Waals surface area contributed by atoms with Crippen molar-refractivity contribution < 1.29 is 15.0 Å². The summed E-state index contributed by atoms with van der Waals surface area (Å²) in [5.41, 5.74) is 7.13. The number of carbonyl (C=O) groups is 1. The molecule has 2 aromatic carbocycles. The van der Waals surface area contributed by atoms with Crippen LogP contribution in [-0.4, -0.2) is 41.3 Å². The summed E-state index contributed by atoms with van der Waals surface area (Å²) in [6.45, 7) is 3.54. The molecule has 3 atom stereocenters. The molecule has 3 rings (SSSR count). The average molecular weight is 398 g/mol. The van der Waals surface area contributed by atoms with Crippen molar-refractivity contribution in [1.82, 2.24) is 5.32 Å². The van der Waals surface area contributed by atoms with Crippen LogP contribution in [0.25, 0.3) is 0 Å². The number of aliphatic hydroxyl groups excluding tert-OH is 1. The van der Waals surface area contributed by atoms with Gasteiger partial charge in [0.15, 0.2) is 0 Å². The standard InChI is InChI=1S/C23H31N3O3/c1-2-26(18-8-4-3-5-9-18)19-10-6-7-17(14-19)25-15-22(28)16-11-12-21(27)20(13-16)23(24)29/h3-5,8-9,11-13,17,19,22,25,27-28H,2,6-7,10,14-15H2,1H3,(H2,24,29). The SMILES string of the molecule is CCN(c1ccccc1)C1CCCC(NCC(O)c2ccc(O)c(C(N)=O)c2)C1. The number of benzene rings is 2. The molecule has 0 bridgehead atoms. The molecule has 6 nitrogen and oxygen atoms in total. The van der Waals surface area contributed by atoms with Crippen LogP contribution in [0.3, 0.4) is 0 Å². The number of anilines is 1. The van der Waals surface area contributed by atoms with E-state index < -0.39 is 12.0 Å². The number of hydrogen-bond acceptors (Lipinski definition) is 5. The van der Waals surface area contributed by atoms with Crippen LogP contribution in [-0.2, 0) is 0 Å². The van der Waals surface area contributed by atoms with Crippen molar-refractivity contribution in [2.24, 2.45) is 5.73 Å². The molecule has 1 amide bonds. The topological polar surface area (TPSA) is 98.8 Å². The highest BCUT2D eigenvalue weighted by Crippen LogP contribution is 2.28. The third-order valence-electron chi connectivity index (χ3n) is 5.79. The monoisotopic (exact) mass is 397 g/mol. The average Bonchev–Trinajstić information content (AvgIpc) is 2.74. The molecule has 1 aliphatic carbocycles. The molecule has 1 fully saturated rings. The summed E-state index contributed by atoms with van der Waals surface area (Å²) in [6.07, 6.45) is 3.65. The summed E-state index contributed by atoms with van der Waals surface area (Å²) in [6, 6.07) is 15.8. The lowest BCUT2D eigenvalue weighted by Gasteiger charge is -2.39. The van der Waals surface area contributed by atoms with Gasteiger partial charge in [-0.05, 0) is 62.4 Å². The van der Waals surface area contributed by atoms with Gasteiger partial charge in [0.05, 0.1) is 11.7 Å². The normalized spacial score (nSPS) is 20.2. The Balaban J connectivity index is 1.59. The summed E-state index contributed by atoms with van der Waals surface area (Å²) in [5, 5.41) is 23.7. The number of amides is 1. The van der Waals surface area contributed by atoms with Gasteiger partial charge in [-0.25, -0.2) is 0 Å². The first-order valence-electron chi connectivity index (χ1n) is 10.4. The van der Waals surface area contributed by atoms with Gasteiger partial charge in [0, 0.05) is 30.9 Å². The molecule has 1 aliphatic rings. The third kappa shape index (κ3) is 5.28. The smallest absolute Gasteiger partial charge is 0.252 e. The maximum atomic E-state index is 11.4. The molecule has 0 aliphatic heterocycles. The molecule has 3 unspecified atom stereocenters. The number of aromatic hydroxyl groups is 1. The van der Waals surface area contributed by atoms with Crippen molar-refractivity contribution in [3.63, 3.8) is 0 Å². The van der Waals surface area contributed by atoms with E-state index in [1.165, 1.54) is 24.2 Å². The predicted molar refractivity (Wildman–Crippen MR) is 115 cm³/mol. The second-order valence-corrected chi connectivity index (χ2v) is 7.70. The third-order valence-corrected chi connectivity index (χ3v) is 5.79. The number of nitrogens with two attached hydrogens (primary N) is 1. The van der Waals surface area contributed by atoms with Crippen molar-refractivity contribution in [1.29, 1.82) is 0 Å². The summed E-state index contributed by atoms with van der Waals surface area (Å²) < 4.78 is 0. The lowest BCUT2D eigenvalue weighted by atomic mass is 9.89. The van der Waals surface area contributed by atoms with Crippen LogP contribution in [0.4, 0.5) is 5.69 Å². The van der Waals surface area contributed by atoms with Gasteiger partial charge in [-0.2, -0.15) is 0 Å². The number of primary amides is 1. The van der Waals surface area contributed by atoms with E-state index in [4.69, 9.17) is 5.73 Å². The molecule has 0 saturated heterocycles. The molecule has 0 spiro atoms. The second kappa shape index (κ2) is 9.76. The second-order valence-electron chi connectivity index (χ2n) is 7.70.